The lowest BCUT2D eigenvalue weighted by Crippen LogP contribution is -2.39. The summed E-state index contributed by atoms with van der Waals surface area (Å²) in [6, 6.07) is 13.9. The van der Waals surface area contributed by atoms with Crippen LogP contribution in [0.3, 0.4) is 0 Å². The predicted octanol–water partition coefficient (Wildman–Crippen LogP) is 5.08. The lowest BCUT2D eigenvalue weighted by molar-refractivity contribution is -0.119. The first-order chi connectivity index (χ1) is 15.5. The molecule has 2 aromatic carbocycles. The molecule has 0 radical (unpaired) electrons. The summed E-state index contributed by atoms with van der Waals surface area (Å²) < 4.78 is 28.0. The van der Waals surface area contributed by atoms with Gasteiger partial charge in [0.1, 0.15) is 6.54 Å². The fourth-order valence-electron chi connectivity index (χ4n) is 3.32. The van der Waals surface area contributed by atoms with Gasteiger partial charge in [-0.05, 0) is 66.2 Å². The monoisotopic (exact) mass is 570 g/mol. The van der Waals surface area contributed by atoms with Crippen molar-refractivity contribution in [3.63, 3.8) is 0 Å². The molecule has 0 spiro atoms. The van der Waals surface area contributed by atoms with Gasteiger partial charge >= 0.3 is 0 Å². The molecular formula is C22H21BrCl2N4O3S. The van der Waals surface area contributed by atoms with Crippen molar-refractivity contribution in [1.82, 2.24) is 9.99 Å². The van der Waals surface area contributed by atoms with Crippen molar-refractivity contribution in [1.29, 1.82) is 0 Å². The molecule has 33 heavy (non-hydrogen) atoms. The molecule has 1 aromatic heterocycles. The molecule has 3 aromatic rings. The summed E-state index contributed by atoms with van der Waals surface area (Å²) in [5.41, 5.74) is 6.00. The van der Waals surface area contributed by atoms with E-state index in [0.29, 0.717) is 20.2 Å². The molecule has 0 saturated heterocycles. The molecule has 0 atom stereocenters. The van der Waals surface area contributed by atoms with E-state index >= 15 is 0 Å². The summed E-state index contributed by atoms with van der Waals surface area (Å²) >= 11 is 15.8. The van der Waals surface area contributed by atoms with Crippen molar-refractivity contribution >= 4 is 67.0 Å². The zero-order valence-electron chi connectivity index (χ0n) is 18.0. The van der Waals surface area contributed by atoms with Crippen molar-refractivity contribution in [2.45, 2.75) is 13.8 Å². The number of benzene rings is 2. The number of aryl methyl sites for hydroxylation is 1. The number of carbonyl (C=O) groups excluding carboxylic acids is 1. The molecule has 11 heteroatoms. The maximum absolute atomic E-state index is 12.5. The van der Waals surface area contributed by atoms with Crippen LogP contribution in [-0.2, 0) is 14.8 Å². The zero-order chi connectivity index (χ0) is 24.3. The minimum Gasteiger partial charge on any atom is -0.316 e. The normalized spacial score (nSPS) is 11.7. The highest BCUT2D eigenvalue weighted by atomic mass is 79.9. The Hall–Kier alpha value is -2.33. The van der Waals surface area contributed by atoms with Gasteiger partial charge in [0.15, 0.2) is 0 Å². The Kier molecular flexibility index (Phi) is 7.89. The van der Waals surface area contributed by atoms with Gasteiger partial charge in [0.2, 0.25) is 10.0 Å². The van der Waals surface area contributed by atoms with Gasteiger partial charge < -0.3 is 4.57 Å². The van der Waals surface area contributed by atoms with Crippen LogP contribution in [0.5, 0.6) is 0 Å². The highest BCUT2D eigenvalue weighted by molar-refractivity contribution is 9.10. The second-order valence-electron chi connectivity index (χ2n) is 7.27. The van der Waals surface area contributed by atoms with Crippen LogP contribution >= 0.6 is 39.1 Å². The molecular weight excluding hydrogens is 551 g/mol. The molecule has 1 heterocycles. The number of nitrogens with one attached hydrogen (secondary N) is 1. The maximum Gasteiger partial charge on any atom is 0.260 e. The van der Waals surface area contributed by atoms with Crippen LogP contribution in [0.2, 0.25) is 10.0 Å². The Labute approximate surface area is 211 Å². The van der Waals surface area contributed by atoms with Crippen LogP contribution < -0.4 is 9.73 Å². The van der Waals surface area contributed by atoms with Gasteiger partial charge in [0, 0.05) is 26.4 Å². The summed E-state index contributed by atoms with van der Waals surface area (Å²) in [5.74, 6) is -0.584. The van der Waals surface area contributed by atoms with E-state index in [1.165, 1.54) is 6.21 Å². The van der Waals surface area contributed by atoms with E-state index in [1.807, 2.05) is 24.5 Å². The minimum absolute atomic E-state index is 0.362. The second kappa shape index (κ2) is 10.3. The van der Waals surface area contributed by atoms with E-state index in [4.69, 9.17) is 23.2 Å². The average Bonchev–Trinajstić information content (AvgIpc) is 3.01. The number of anilines is 1. The standard InChI is InChI=1S/C22H21BrCl2N4O3S/c1-14-10-16(15(2)29(14)21-11-17(24)8-9-19(21)25)12-26-27-22(30)13-28(33(3,31)32)20-7-5-4-6-18(20)23/h4-12H,13H2,1-3H3,(H,27,30)/b26-12+. The highest BCUT2D eigenvalue weighted by Gasteiger charge is 2.22. The van der Waals surface area contributed by atoms with Crippen LogP contribution in [-0.4, -0.2) is 37.9 Å². The first kappa shape index (κ1) is 25.3. The molecule has 0 bridgehead atoms. The van der Waals surface area contributed by atoms with Gasteiger partial charge in [-0.1, -0.05) is 35.3 Å². The number of carbonyl (C=O) groups is 1. The SMILES string of the molecule is Cc1cc(/C=N/NC(=O)CN(c2ccccc2Br)S(C)(=O)=O)c(C)n1-c1cc(Cl)ccc1Cl. The van der Waals surface area contributed by atoms with Gasteiger partial charge in [0.05, 0.1) is 28.9 Å². The minimum atomic E-state index is -3.70. The van der Waals surface area contributed by atoms with Crippen LogP contribution in [0.4, 0.5) is 5.69 Å². The van der Waals surface area contributed by atoms with Crippen LogP contribution in [0.1, 0.15) is 17.0 Å². The van der Waals surface area contributed by atoms with Gasteiger partial charge in [-0.25, -0.2) is 13.8 Å². The Morgan fingerprint density at radius 3 is 2.55 bits per heavy atom. The molecule has 0 saturated carbocycles. The molecule has 0 aliphatic heterocycles. The number of hydrogen-bond acceptors (Lipinski definition) is 4. The van der Waals surface area contributed by atoms with Gasteiger partial charge in [0.25, 0.3) is 5.91 Å². The van der Waals surface area contributed by atoms with E-state index < -0.39 is 22.5 Å². The summed E-state index contributed by atoms with van der Waals surface area (Å²) in [6.45, 7) is 3.39. The number of sulfonamides is 1. The first-order valence-electron chi connectivity index (χ1n) is 9.67. The van der Waals surface area contributed by atoms with E-state index in [9.17, 15) is 13.2 Å². The van der Waals surface area contributed by atoms with Crippen LogP contribution in [0, 0.1) is 13.8 Å². The third kappa shape index (κ3) is 5.97. The fourth-order valence-corrected chi connectivity index (χ4v) is 5.17. The number of para-hydroxylation sites is 1. The molecule has 3 rings (SSSR count). The van der Waals surface area contributed by atoms with Gasteiger partial charge in [-0.3, -0.25) is 9.10 Å². The number of nitrogens with zero attached hydrogens (tertiary/aromatic N) is 3. The molecule has 0 aliphatic carbocycles. The van der Waals surface area contributed by atoms with E-state index in [1.54, 1.807) is 42.5 Å². The van der Waals surface area contributed by atoms with Crippen molar-refractivity contribution < 1.29 is 13.2 Å². The summed E-state index contributed by atoms with van der Waals surface area (Å²) in [4.78, 5) is 12.5. The number of hydrogen-bond donors (Lipinski definition) is 1. The number of rotatable bonds is 7. The molecule has 174 valence electrons. The van der Waals surface area contributed by atoms with Crippen molar-refractivity contribution in [3.05, 3.63) is 80.0 Å². The second-order valence-corrected chi connectivity index (χ2v) is 10.9. The largest absolute Gasteiger partial charge is 0.316 e. The van der Waals surface area contributed by atoms with Crippen LogP contribution in [0.15, 0.2) is 58.1 Å². The van der Waals surface area contributed by atoms with Crippen LogP contribution in [0.25, 0.3) is 5.69 Å². The van der Waals surface area contributed by atoms with Crippen molar-refractivity contribution in [2.24, 2.45) is 5.10 Å². The molecule has 0 fully saturated rings. The molecule has 7 nitrogen and oxygen atoms in total. The predicted molar refractivity (Wildman–Crippen MR) is 137 cm³/mol. The van der Waals surface area contributed by atoms with E-state index in [-0.39, 0.29) is 0 Å². The maximum atomic E-state index is 12.5. The summed E-state index contributed by atoms with van der Waals surface area (Å²) in [7, 11) is -3.70. The van der Waals surface area contributed by atoms with E-state index in [0.717, 1.165) is 33.2 Å². The van der Waals surface area contributed by atoms with Gasteiger partial charge in [-0.15, -0.1) is 0 Å². The number of amides is 1. The Morgan fingerprint density at radius 1 is 1.18 bits per heavy atom. The smallest absolute Gasteiger partial charge is 0.260 e. The zero-order valence-corrected chi connectivity index (χ0v) is 21.9. The molecule has 0 aliphatic rings. The van der Waals surface area contributed by atoms with Gasteiger partial charge in [-0.2, -0.15) is 5.10 Å². The number of aromatic nitrogens is 1. The summed E-state index contributed by atoms with van der Waals surface area (Å²) in [6.07, 6.45) is 2.54. The third-order valence-electron chi connectivity index (χ3n) is 4.82. The topological polar surface area (TPSA) is 83.8 Å². The quantitative estimate of drug-likeness (QED) is 0.317. The average molecular weight is 572 g/mol. The highest BCUT2D eigenvalue weighted by Crippen LogP contribution is 2.29. The van der Waals surface area contributed by atoms with Crippen molar-refractivity contribution in [2.75, 3.05) is 17.1 Å². The summed E-state index contributed by atoms with van der Waals surface area (Å²) in [5, 5.41) is 5.12. The Bertz CT molecular complexity index is 1340. The van der Waals surface area contributed by atoms with Crippen molar-refractivity contribution in [3.8, 4) is 5.69 Å². The third-order valence-corrected chi connectivity index (χ3v) is 7.17. The molecule has 1 amide bonds. The number of hydrazone groups is 1. The van der Waals surface area contributed by atoms with E-state index in [2.05, 4.69) is 26.5 Å². The Balaban J connectivity index is 1.78. The first-order valence-corrected chi connectivity index (χ1v) is 13.1. The lowest BCUT2D eigenvalue weighted by atomic mass is 10.2. The number of halogens is 3. The Morgan fingerprint density at radius 2 is 1.88 bits per heavy atom. The lowest BCUT2D eigenvalue weighted by Gasteiger charge is -2.22. The molecule has 0 unspecified atom stereocenters. The molecule has 1 N–H and O–H groups in total. The fraction of sp³-hybridized carbons (Fsp3) is 0.182.